The molecule has 0 saturated heterocycles. The second-order valence-electron chi connectivity index (χ2n) is 7.42. The van der Waals surface area contributed by atoms with Gasteiger partial charge in [-0.05, 0) is 0 Å². The molecule has 0 saturated carbocycles. The minimum absolute atomic E-state index is 0.485. The third kappa shape index (κ3) is 2.99. The van der Waals surface area contributed by atoms with Gasteiger partial charge in [-0.2, -0.15) is 0 Å². The van der Waals surface area contributed by atoms with Gasteiger partial charge in [-0.15, -0.1) is 0 Å². The van der Waals surface area contributed by atoms with Crippen LogP contribution in [-0.4, -0.2) is 15.5 Å². The van der Waals surface area contributed by atoms with Crippen LogP contribution < -0.4 is 0 Å². The first-order valence-corrected chi connectivity index (χ1v) is 14.3. The molecule has 0 spiro atoms. The Morgan fingerprint density at radius 1 is 0.667 bits per heavy atom. The van der Waals surface area contributed by atoms with Gasteiger partial charge in [0.25, 0.3) is 0 Å². The minimum atomic E-state index is -1.34. The van der Waals surface area contributed by atoms with Crippen molar-refractivity contribution in [3.05, 3.63) is 0 Å². The summed E-state index contributed by atoms with van der Waals surface area (Å²) in [6.45, 7) is 22.2. The molecule has 0 aliphatic rings. The molecule has 0 N–H and O–H groups in total. The molecule has 15 heavy (non-hydrogen) atoms. The van der Waals surface area contributed by atoms with E-state index < -0.39 is 5.45 Å². The monoisotopic (exact) mass is 436 g/mol. The van der Waals surface area contributed by atoms with E-state index in [4.69, 9.17) is 0 Å². The number of hydrogen-bond donors (Lipinski definition) is 0. The van der Waals surface area contributed by atoms with E-state index in [1.807, 2.05) is 0 Å². The summed E-state index contributed by atoms with van der Waals surface area (Å²) < 4.78 is 0. The van der Waals surface area contributed by atoms with Gasteiger partial charge in [0.1, 0.15) is 0 Å². The third-order valence-electron chi connectivity index (χ3n) is 3.05. The van der Waals surface area contributed by atoms with Crippen LogP contribution >= 0.6 is 25.0 Å². The van der Waals surface area contributed by atoms with Crippen LogP contribution in [-0.2, 0) is 13.9 Å². The summed E-state index contributed by atoms with van der Waals surface area (Å²) in [6.07, 6.45) is 0. The van der Waals surface area contributed by atoms with Crippen LogP contribution in [0.4, 0.5) is 0 Å². The zero-order valence-electron chi connectivity index (χ0n) is 11.7. The fourth-order valence-electron chi connectivity index (χ4n) is 3.64. The van der Waals surface area contributed by atoms with Crippen molar-refractivity contribution in [1.82, 2.24) is 0 Å². The Kier molecular flexibility index (Phi) is 5.42. The summed E-state index contributed by atoms with van der Waals surface area (Å²) >= 11 is 3.56. The van der Waals surface area contributed by atoms with Crippen molar-refractivity contribution in [3.63, 3.8) is 0 Å². The molecule has 0 atom stereocenters. The van der Waals surface area contributed by atoms with E-state index >= 15 is 0 Å². The van der Waals surface area contributed by atoms with Crippen LogP contribution in [0.5, 0.6) is 0 Å². The van der Waals surface area contributed by atoms with Crippen LogP contribution in [0.3, 0.4) is 0 Å². The standard InChI is InChI=1S/C12H27P.HI.Pd/c1-10(2,3)13(11(4,5)6)12(7,8)9;;/h1-9H3;1H;/q;;-1. The second-order valence-corrected chi connectivity index (χ2v) is 23.7. The van der Waals surface area contributed by atoms with Crippen LogP contribution in [0.25, 0.3) is 0 Å². The molecule has 0 bridgehead atoms. The van der Waals surface area contributed by atoms with Crippen LogP contribution in [0.1, 0.15) is 62.3 Å². The molecule has 0 aliphatic heterocycles. The van der Waals surface area contributed by atoms with E-state index in [9.17, 15) is 0 Å². The maximum absolute atomic E-state index is 2.69. The Hall–Kier alpha value is 1.82. The summed E-state index contributed by atoms with van der Waals surface area (Å²) in [5, 5.41) is 1.46. The van der Waals surface area contributed by atoms with E-state index in [0.29, 0.717) is 15.5 Å². The Bertz CT molecular complexity index is 181. The van der Waals surface area contributed by atoms with Gasteiger partial charge in [-0.25, -0.2) is 0 Å². The van der Waals surface area contributed by atoms with Crippen molar-refractivity contribution in [2.45, 2.75) is 77.8 Å². The first kappa shape index (κ1) is 16.8. The van der Waals surface area contributed by atoms with Gasteiger partial charge in [0.2, 0.25) is 0 Å². The van der Waals surface area contributed by atoms with Crippen molar-refractivity contribution in [2.75, 3.05) is 0 Å². The summed E-state index contributed by atoms with van der Waals surface area (Å²) in [5.74, 6) is 0. The molecule has 0 nitrogen and oxygen atoms in total. The molecule has 0 unspecified atom stereocenters. The Morgan fingerprint density at radius 3 is 0.867 bits per heavy atom. The predicted molar refractivity (Wildman–Crippen MR) is 81.6 cm³/mol. The number of hydrogen-bond acceptors (Lipinski definition) is 0. The summed E-state index contributed by atoms with van der Waals surface area (Å²) in [7, 11) is 0. The van der Waals surface area contributed by atoms with Crippen LogP contribution in [0, 0.1) is 0 Å². The van der Waals surface area contributed by atoms with Crippen molar-refractivity contribution in [3.8, 4) is 0 Å². The normalized spacial score (nSPS) is 16.9. The molecule has 0 aromatic rings. The van der Waals surface area contributed by atoms with Gasteiger partial charge in [-0.3, -0.25) is 0 Å². The topological polar surface area (TPSA) is 0 Å². The van der Waals surface area contributed by atoms with Gasteiger partial charge in [-0.1, -0.05) is 0 Å². The molecular formula is C12H28IPPd-. The molecular weight excluding hydrogens is 408 g/mol. The van der Waals surface area contributed by atoms with Crippen molar-refractivity contribution in [1.29, 1.82) is 0 Å². The van der Waals surface area contributed by atoms with Gasteiger partial charge < -0.3 is 0 Å². The Balaban J connectivity index is 5.78. The van der Waals surface area contributed by atoms with Crippen molar-refractivity contribution < 1.29 is 13.9 Å². The van der Waals surface area contributed by atoms with Crippen molar-refractivity contribution >= 4 is 25.0 Å². The zero-order valence-corrected chi connectivity index (χ0v) is 16.4. The summed E-state index contributed by atoms with van der Waals surface area (Å²) in [5.41, 5.74) is -1.34. The van der Waals surface area contributed by atoms with E-state index in [1.54, 1.807) is 0 Å². The molecule has 0 amide bonds. The summed E-state index contributed by atoms with van der Waals surface area (Å²) in [6, 6.07) is 0. The SMILES string of the molecule is CC(C)(C)[PH]([Pd-][I])(C(C)(C)C)C(C)(C)C. The van der Waals surface area contributed by atoms with Gasteiger partial charge in [0.15, 0.2) is 0 Å². The molecule has 99 valence electrons. The molecule has 0 aliphatic carbocycles. The first-order valence-electron chi connectivity index (χ1n) is 5.53. The number of halogens is 1. The van der Waals surface area contributed by atoms with Crippen LogP contribution in [0.15, 0.2) is 0 Å². The quantitative estimate of drug-likeness (QED) is 0.290. The third-order valence-corrected chi connectivity index (χ3v) is 30.1. The summed E-state index contributed by atoms with van der Waals surface area (Å²) in [4.78, 5) is 0. The Morgan fingerprint density at radius 2 is 0.867 bits per heavy atom. The maximum atomic E-state index is 2.69. The van der Waals surface area contributed by atoms with E-state index in [0.717, 1.165) is 13.9 Å². The van der Waals surface area contributed by atoms with Gasteiger partial charge in [0.05, 0.1) is 0 Å². The molecule has 0 aromatic heterocycles. The molecule has 0 aromatic carbocycles. The fourth-order valence-corrected chi connectivity index (χ4v) is 42.1. The molecule has 0 radical (unpaired) electrons. The Labute approximate surface area is 116 Å². The van der Waals surface area contributed by atoms with Gasteiger partial charge >= 0.3 is 117 Å². The molecule has 3 heteroatoms. The zero-order chi connectivity index (χ0) is 12.7. The molecule has 0 heterocycles. The first-order chi connectivity index (χ1) is 6.31. The van der Waals surface area contributed by atoms with Gasteiger partial charge in [0, 0.05) is 0 Å². The van der Waals surface area contributed by atoms with E-state index in [-0.39, 0.29) is 0 Å². The predicted octanol–water partition coefficient (Wildman–Crippen LogP) is 5.48. The molecule has 0 rings (SSSR count). The average molecular weight is 437 g/mol. The van der Waals surface area contributed by atoms with Crippen LogP contribution in [0.2, 0.25) is 0 Å². The van der Waals surface area contributed by atoms with E-state index in [2.05, 4.69) is 81.8 Å². The number of rotatable bonds is 1. The fraction of sp³-hybridized carbons (Fsp3) is 1.00. The average Bonchev–Trinajstić information content (AvgIpc) is 1.76. The van der Waals surface area contributed by atoms with E-state index in [1.165, 1.54) is 0 Å². The van der Waals surface area contributed by atoms with Crippen molar-refractivity contribution in [2.24, 2.45) is 0 Å². The second kappa shape index (κ2) is 4.83. The molecule has 0 fully saturated rings.